The molecule has 0 spiro atoms. The van der Waals surface area contributed by atoms with E-state index in [0.717, 1.165) is 17.5 Å². The van der Waals surface area contributed by atoms with Crippen molar-refractivity contribution in [3.63, 3.8) is 0 Å². The number of methoxy groups -OCH3 is 1. The molecule has 0 bridgehead atoms. The zero-order valence-electron chi connectivity index (χ0n) is 8.64. The van der Waals surface area contributed by atoms with Crippen molar-refractivity contribution in [1.82, 2.24) is 0 Å². The maximum absolute atomic E-state index is 9.67. The molecule has 0 radical (unpaired) electrons. The van der Waals surface area contributed by atoms with Gasteiger partial charge < -0.3 is 9.84 Å². The van der Waals surface area contributed by atoms with Crippen molar-refractivity contribution in [2.45, 2.75) is 27.2 Å². The highest BCUT2D eigenvalue weighted by atomic mass is 16.5. The van der Waals surface area contributed by atoms with Crippen molar-refractivity contribution < 1.29 is 9.84 Å². The van der Waals surface area contributed by atoms with Crippen molar-refractivity contribution in [3.05, 3.63) is 22.8 Å². The third kappa shape index (κ3) is 1.62. The normalized spacial score (nSPS) is 10.2. The number of hydrogen-bond donors (Lipinski definition) is 1. The minimum Gasteiger partial charge on any atom is -0.504 e. The Balaban J connectivity index is 3.39. The van der Waals surface area contributed by atoms with E-state index in [2.05, 4.69) is 6.92 Å². The lowest BCUT2D eigenvalue weighted by Crippen LogP contribution is -1.95. The summed E-state index contributed by atoms with van der Waals surface area (Å²) >= 11 is 0. The first-order valence-electron chi connectivity index (χ1n) is 4.47. The molecule has 0 saturated carbocycles. The van der Waals surface area contributed by atoms with Crippen LogP contribution in [0.15, 0.2) is 6.07 Å². The molecule has 0 fully saturated rings. The molecule has 0 saturated heterocycles. The second-order valence-corrected chi connectivity index (χ2v) is 3.21. The van der Waals surface area contributed by atoms with Crippen LogP contribution in [0, 0.1) is 13.8 Å². The molecular weight excluding hydrogens is 164 g/mol. The van der Waals surface area contributed by atoms with Gasteiger partial charge in [-0.3, -0.25) is 0 Å². The van der Waals surface area contributed by atoms with Crippen LogP contribution in [0.3, 0.4) is 0 Å². The van der Waals surface area contributed by atoms with Crippen LogP contribution < -0.4 is 4.74 Å². The van der Waals surface area contributed by atoms with Gasteiger partial charge in [0.15, 0.2) is 11.5 Å². The lowest BCUT2D eigenvalue weighted by atomic mass is 10.0. The van der Waals surface area contributed by atoms with Crippen LogP contribution in [-0.2, 0) is 6.42 Å². The van der Waals surface area contributed by atoms with Gasteiger partial charge >= 0.3 is 0 Å². The number of aryl methyl sites for hydroxylation is 2. The molecule has 2 nitrogen and oxygen atoms in total. The summed E-state index contributed by atoms with van der Waals surface area (Å²) in [6, 6.07) is 2.01. The Labute approximate surface area is 79.2 Å². The molecule has 0 aliphatic heterocycles. The molecule has 1 rings (SSSR count). The number of rotatable bonds is 2. The van der Waals surface area contributed by atoms with Gasteiger partial charge in [0.05, 0.1) is 7.11 Å². The van der Waals surface area contributed by atoms with Crippen LogP contribution in [0.1, 0.15) is 23.6 Å². The van der Waals surface area contributed by atoms with Gasteiger partial charge in [0.25, 0.3) is 0 Å². The van der Waals surface area contributed by atoms with Gasteiger partial charge in [0.1, 0.15) is 0 Å². The number of phenols is 1. The molecule has 0 atom stereocenters. The second kappa shape index (κ2) is 3.69. The smallest absolute Gasteiger partial charge is 0.163 e. The van der Waals surface area contributed by atoms with E-state index in [0.29, 0.717) is 5.75 Å². The summed E-state index contributed by atoms with van der Waals surface area (Å²) in [7, 11) is 1.58. The summed E-state index contributed by atoms with van der Waals surface area (Å²) in [5.41, 5.74) is 3.14. The summed E-state index contributed by atoms with van der Waals surface area (Å²) in [4.78, 5) is 0. The van der Waals surface area contributed by atoms with Crippen LogP contribution in [0.25, 0.3) is 0 Å². The van der Waals surface area contributed by atoms with E-state index in [9.17, 15) is 5.11 Å². The molecule has 0 unspecified atom stereocenters. The standard InChI is InChI=1S/C11H16O2/c1-5-9-6-7(2)10(12)11(13-4)8(9)3/h6,12H,5H2,1-4H3. The molecule has 72 valence electrons. The topological polar surface area (TPSA) is 29.5 Å². The molecule has 1 N–H and O–H groups in total. The van der Waals surface area contributed by atoms with Crippen molar-refractivity contribution in [2.24, 2.45) is 0 Å². The van der Waals surface area contributed by atoms with Gasteiger partial charge in [-0.1, -0.05) is 13.0 Å². The SMILES string of the molecule is CCc1cc(C)c(O)c(OC)c1C. The van der Waals surface area contributed by atoms with Gasteiger partial charge in [0.2, 0.25) is 0 Å². The zero-order chi connectivity index (χ0) is 10.0. The fraction of sp³-hybridized carbons (Fsp3) is 0.455. The monoisotopic (exact) mass is 180 g/mol. The first-order chi connectivity index (χ1) is 6.11. The minimum atomic E-state index is 0.261. The van der Waals surface area contributed by atoms with Gasteiger partial charge in [-0.25, -0.2) is 0 Å². The lowest BCUT2D eigenvalue weighted by molar-refractivity contribution is 0.368. The number of aromatic hydroxyl groups is 1. The molecule has 1 aromatic carbocycles. The lowest BCUT2D eigenvalue weighted by Gasteiger charge is -2.13. The molecule has 13 heavy (non-hydrogen) atoms. The highest BCUT2D eigenvalue weighted by Crippen LogP contribution is 2.35. The largest absolute Gasteiger partial charge is 0.504 e. The zero-order valence-corrected chi connectivity index (χ0v) is 8.64. The third-order valence-electron chi connectivity index (χ3n) is 2.39. The van der Waals surface area contributed by atoms with Gasteiger partial charge in [-0.05, 0) is 37.0 Å². The van der Waals surface area contributed by atoms with E-state index in [1.54, 1.807) is 7.11 Å². The van der Waals surface area contributed by atoms with Crippen LogP contribution in [0.2, 0.25) is 0 Å². The molecule has 0 amide bonds. The summed E-state index contributed by atoms with van der Waals surface area (Å²) in [5.74, 6) is 0.869. The Morgan fingerprint density at radius 1 is 1.38 bits per heavy atom. The highest BCUT2D eigenvalue weighted by molar-refractivity contribution is 5.53. The van der Waals surface area contributed by atoms with E-state index in [4.69, 9.17) is 4.74 Å². The maximum Gasteiger partial charge on any atom is 0.163 e. The van der Waals surface area contributed by atoms with Crippen LogP contribution in [-0.4, -0.2) is 12.2 Å². The number of ether oxygens (including phenoxy) is 1. The fourth-order valence-corrected chi connectivity index (χ4v) is 1.56. The highest BCUT2D eigenvalue weighted by Gasteiger charge is 2.11. The van der Waals surface area contributed by atoms with Crippen LogP contribution >= 0.6 is 0 Å². The van der Waals surface area contributed by atoms with Crippen LogP contribution in [0.4, 0.5) is 0 Å². The second-order valence-electron chi connectivity index (χ2n) is 3.21. The number of phenolic OH excluding ortho intramolecular Hbond substituents is 1. The predicted molar refractivity (Wildman–Crippen MR) is 53.5 cm³/mol. The van der Waals surface area contributed by atoms with Gasteiger partial charge in [0, 0.05) is 0 Å². The van der Waals surface area contributed by atoms with Gasteiger partial charge in [-0.15, -0.1) is 0 Å². The Kier molecular flexibility index (Phi) is 2.81. The number of benzene rings is 1. The Morgan fingerprint density at radius 2 is 2.00 bits per heavy atom. The number of hydrogen-bond acceptors (Lipinski definition) is 2. The van der Waals surface area contributed by atoms with E-state index in [1.165, 1.54) is 5.56 Å². The van der Waals surface area contributed by atoms with Crippen molar-refractivity contribution in [3.8, 4) is 11.5 Å². The molecule has 0 aromatic heterocycles. The molecule has 0 aliphatic carbocycles. The van der Waals surface area contributed by atoms with Crippen molar-refractivity contribution in [1.29, 1.82) is 0 Å². The van der Waals surface area contributed by atoms with E-state index < -0.39 is 0 Å². The van der Waals surface area contributed by atoms with Gasteiger partial charge in [-0.2, -0.15) is 0 Å². The quantitative estimate of drug-likeness (QED) is 0.758. The summed E-state index contributed by atoms with van der Waals surface area (Å²) in [5, 5.41) is 9.67. The summed E-state index contributed by atoms with van der Waals surface area (Å²) < 4.78 is 5.15. The van der Waals surface area contributed by atoms with Crippen molar-refractivity contribution >= 4 is 0 Å². The average molecular weight is 180 g/mol. The molecule has 2 heteroatoms. The first kappa shape index (κ1) is 9.90. The summed E-state index contributed by atoms with van der Waals surface area (Å²) in [6.07, 6.45) is 0.962. The van der Waals surface area contributed by atoms with Crippen LogP contribution in [0.5, 0.6) is 11.5 Å². The minimum absolute atomic E-state index is 0.261. The summed E-state index contributed by atoms with van der Waals surface area (Å²) in [6.45, 7) is 5.95. The third-order valence-corrected chi connectivity index (χ3v) is 2.39. The van der Waals surface area contributed by atoms with Crippen molar-refractivity contribution in [2.75, 3.05) is 7.11 Å². The average Bonchev–Trinajstić information content (AvgIpc) is 2.12. The fourth-order valence-electron chi connectivity index (χ4n) is 1.56. The Hall–Kier alpha value is -1.18. The van der Waals surface area contributed by atoms with E-state index >= 15 is 0 Å². The van der Waals surface area contributed by atoms with E-state index in [1.807, 2.05) is 19.9 Å². The maximum atomic E-state index is 9.67. The van der Waals surface area contributed by atoms with E-state index in [-0.39, 0.29) is 5.75 Å². The molecule has 0 aliphatic rings. The Morgan fingerprint density at radius 3 is 2.46 bits per heavy atom. The molecule has 1 aromatic rings. The molecular formula is C11H16O2. The predicted octanol–water partition coefficient (Wildman–Crippen LogP) is 2.58. The Bertz CT molecular complexity index is 316. The first-order valence-corrected chi connectivity index (χ1v) is 4.47. The molecule has 0 heterocycles.